The van der Waals surface area contributed by atoms with Crippen LogP contribution < -0.4 is 4.74 Å². The topological polar surface area (TPSA) is 69.4 Å². The summed E-state index contributed by atoms with van der Waals surface area (Å²) in [6.07, 6.45) is 1.60. The van der Waals surface area contributed by atoms with Crippen LogP contribution in [-0.4, -0.2) is 10.9 Å². The van der Waals surface area contributed by atoms with Gasteiger partial charge in [0.15, 0.2) is 0 Å². The van der Waals surface area contributed by atoms with Crippen molar-refractivity contribution in [2.45, 2.75) is 0 Å². The van der Waals surface area contributed by atoms with Crippen molar-refractivity contribution in [3.8, 4) is 5.75 Å². The van der Waals surface area contributed by atoms with Gasteiger partial charge in [-0.25, -0.2) is 4.79 Å². The van der Waals surface area contributed by atoms with Gasteiger partial charge in [0, 0.05) is 17.7 Å². The number of non-ortho nitro benzene ring substituents is 1. The summed E-state index contributed by atoms with van der Waals surface area (Å²) in [6.45, 7) is 0. The smallest absolute Gasteiger partial charge is 0.344 e. The number of benzene rings is 2. The molecule has 3 rings (SSSR count). The maximum Gasteiger partial charge on any atom is 0.344 e. The number of hydrogen-bond acceptors (Lipinski definition) is 4. The van der Waals surface area contributed by atoms with Crippen LogP contribution in [0.15, 0.2) is 48.5 Å². The van der Waals surface area contributed by atoms with E-state index in [-0.39, 0.29) is 5.69 Å². The van der Waals surface area contributed by atoms with Crippen LogP contribution in [0.1, 0.15) is 11.1 Å². The van der Waals surface area contributed by atoms with Gasteiger partial charge in [0.25, 0.3) is 5.69 Å². The Hall–Kier alpha value is -2.95. The zero-order valence-electron chi connectivity index (χ0n) is 10.3. The molecule has 98 valence electrons. The molecule has 0 saturated heterocycles. The Morgan fingerprint density at radius 1 is 1.10 bits per heavy atom. The van der Waals surface area contributed by atoms with E-state index < -0.39 is 10.9 Å². The lowest BCUT2D eigenvalue weighted by atomic mass is 10.0. The summed E-state index contributed by atoms with van der Waals surface area (Å²) < 4.78 is 5.13. The molecule has 0 spiro atoms. The first-order valence-corrected chi connectivity index (χ1v) is 5.93. The molecular weight excluding hydrogens is 258 g/mol. The van der Waals surface area contributed by atoms with Gasteiger partial charge in [-0.2, -0.15) is 0 Å². The van der Waals surface area contributed by atoms with Crippen molar-refractivity contribution in [3.63, 3.8) is 0 Å². The molecule has 20 heavy (non-hydrogen) atoms. The molecule has 0 aromatic heterocycles. The minimum atomic E-state index is -0.469. The number of para-hydroxylation sites is 1. The van der Waals surface area contributed by atoms with Gasteiger partial charge < -0.3 is 4.74 Å². The zero-order chi connectivity index (χ0) is 14.1. The monoisotopic (exact) mass is 267 g/mol. The summed E-state index contributed by atoms with van der Waals surface area (Å²) in [4.78, 5) is 22.1. The Bertz CT molecular complexity index is 749. The molecule has 0 N–H and O–H groups in total. The predicted octanol–water partition coefficient (Wildman–Crippen LogP) is 3.05. The Kier molecular flexibility index (Phi) is 2.80. The summed E-state index contributed by atoms with van der Waals surface area (Å²) in [7, 11) is 0. The Morgan fingerprint density at radius 3 is 2.70 bits per heavy atom. The molecule has 0 bridgehead atoms. The molecule has 0 fully saturated rings. The fourth-order valence-electron chi connectivity index (χ4n) is 2.07. The van der Waals surface area contributed by atoms with E-state index in [2.05, 4.69) is 0 Å². The average molecular weight is 267 g/mol. The summed E-state index contributed by atoms with van der Waals surface area (Å²) in [5.74, 6) is 0.0619. The molecule has 0 unspecified atom stereocenters. The average Bonchev–Trinajstić information content (AvgIpc) is 2.76. The molecule has 5 heteroatoms. The second-order valence-electron chi connectivity index (χ2n) is 4.30. The quantitative estimate of drug-likeness (QED) is 0.276. The molecule has 0 aliphatic carbocycles. The lowest BCUT2D eigenvalue weighted by Crippen LogP contribution is -2.00. The van der Waals surface area contributed by atoms with E-state index in [4.69, 9.17) is 4.74 Å². The molecule has 2 aromatic carbocycles. The first kappa shape index (κ1) is 12.1. The van der Waals surface area contributed by atoms with Crippen molar-refractivity contribution < 1.29 is 14.5 Å². The van der Waals surface area contributed by atoms with Crippen LogP contribution in [0, 0.1) is 10.1 Å². The summed E-state index contributed by atoms with van der Waals surface area (Å²) in [6, 6.07) is 13.2. The Balaban J connectivity index is 2.07. The van der Waals surface area contributed by atoms with Crippen molar-refractivity contribution in [2.75, 3.05) is 0 Å². The fraction of sp³-hybridized carbons (Fsp3) is 0. The first-order valence-electron chi connectivity index (χ1n) is 5.93. The van der Waals surface area contributed by atoms with Crippen LogP contribution in [0.2, 0.25) is 0 Å². The standard InChI is InChI=1S/C15H9NO4/c17-15-13(12-6-1-2-7-14(12)20-15)9-10-4-3-5-11(8-10)16(18)19/h1-9H/b13-9-. The van der Waals surface area contributed by atoms with Crippen LogP contribution >= 0.6 is 0 Å². The molecule has 5 nitrogen and oxygen atoms in total. The molecule has 0 amide bonds. The fourth-order valence-corrected chi connectivity index (χ4v) is 2.07. The predicted molar refractivity (Wildman–Crippen MR) is 73.0 cm³/mol. The molecule has 2 aromatic rings. The first-order chi connectivity index (χ1) is 9.65. The number of fused-ring (bicyclic) bond motifs is 1. The number of carbonyl (C=O) groups excluding carboxylic acids is 1. The van der Waals surface area contributed by atoms with Gasteiger partial charge in [0.05, 0.1) is 10.5 Å². The summed E-state index contributed by atoms with van der Waals surface area (Å²) >= 11 is 0. The highest BCUT2D eigenvalue weighted by Gasteiger charge is 2.26. The number of nitrogens with zero attached hydrogens (tertiary/aromatic N) is 1. The maximum atomic E-state index is 11.8. The summed E-state index contributed by atoms with van der Waals surface area (Å²) in [5.41, 5.74) is 1.67. The minimum absolute atomic E-state index is 0.0148. The van der Waals surface area contributed by atoms with Gasteiger partial charge in [0.1, 0.15) is 5.75 Å². The van der Waals surface area contributed by atoms with Crippen LogP contribution in [0.25, 0.3) is 11.6 Å². The van der Waals surface area contributed by atoms with Gasteiger partial charge in [-0.3, -0.25) is 10.1 Å². The van der Waals surface area contributed by atoms with E-state index >= 15 is 0 Å². The number of carbonyl (C=O) groups is 1. The molecule has 1 heterocycles. The molecule has 0 saturated carbocycles. The van der Waals surface area contributed by atoms with Crippen molar-refractivity contribution in [1.82, 2.24) is 0 Å². The number of hydrogen-bond donors (Lipinski definition) is 0. The molecule has 0 atom stereocenters. The number of ether oxygens (including phenoxy) is 1. The molecule has 1 aliphatic heterocycles. The van der Waals surface area contributed by atoms with Crippen LogP contribution in [-0.2, 0) is 4.79 Å². The van der Waals surface area contributed by atoms with E-state index in [1.165, 1.54) is 12.1 Å². The third-order valence-corrected chi connectivity index (χ3v) is 2.99. The van der Waals surface area contributed by atoms with E-state index in [0.717, 1.165) is 0 Å². The highest BCUT2D eigenvalue weighted by Crippen LogP contribution is 2.35. The summed E-state index contributed by atoms with van der Waals surface area (Å²) in [5, 5.41) is 10.7. The van der Waals surface area contributed by atoms with E-state index in [1.807, 2.05) is 6.07 Å². The van der Waals surface area contributed by atoms with Crippen LogP contribution in [0.5, 0.6) is 5.75 Å². The highest BCUT2D eigenvalue weighted by atomic mass is 16.6. The van der Waals surface area contributed by atoms with E-state index in [1.54, 1.807) is 36.4 Å². The lowest BCUT2D eigenvalue weighted by molar-refractivity contribution is -0.384. The second kappa shape index (κ2) is 4.62. The van der Waals surface area contributed by atoms with Gasteiger partial charge in [-0.05, 0) is 17.7 Å². The van der Waals surface area contributed by atoms with Gasteiger partial charge in [0.2, 0.25) is 0 Å². The third kappa shape index (κ3) is 2.05. The van der Waals surface area contributed by atoms with Crippen molar-refractivity contribution in [3.05, 3.63) is 69.8 Å². The second-order valence-corrected chi connectivity index (χ2v) is 4.30. The van der Waals surface area contributed by atoms with Gasteiger partial charge in [-0.15, -0.1) is 0 Å². The normalized spacial score (nSPS) is 15.0. The minimum Gasteiger partial charge on any atom is -0.422 e. The number of rotatable bonds is 2. The third-order valence-electron chi connectivity index (χ3n) is 2.99. The zero-order valence-corrected chi connectivity index (χ0v) is 10.3. The maximum absolute atomic E-state index is 11.8. The van der Waals surface area contributed by atoms with Crippen molar-refractivity contribution in [1.29, 1.82) is 0 Å². The Morgan fingerprint density at radius 2 is 1.90 bits per heavy atom. The number of esters is 1. The Labute approximate surface area is 114 Å². The lowest BCUT2D eigenvalue weighted by Gasteiger charge is -1.97. The largest absolute Gasteiger partial charge is 0.422 e. The van der Waals surface area contributed by atoms with Crippen LogP contribution in [0.3, 0.4) is 0 Å². The van der Waals surface area contributed by atoms with Gasteiger partial charge in [-0.1, -0.05) is 30.3 Å². The SMILES string of the molecule is O=C1Oc2ccccc2/C1=C/c1cccc([N+](=O)[O-])c1. The number of nitro benzene ring substituents is 1. The van der Waals surface area contributed by atoms with Gasteiger partial charge >= 0.3 is 5.97 Å². The van der Waals surface area contributed by atoms with Crippen molar-refractivity contribution >= 4 is 23.3 Å². The van der Waals surface area contributed by atoms with Crippen molar-refractivity contribution in [2.24, 2.45) is 0 Å². The van der Waals surface area contributed by atoms with E-state index in [9.17, 15) is 14.9 Å². The highest BCUT2D eigenvalue weighted by molar-refractivity contribution is 6.25. The molecular formula is C15H9NO4. The molecule has 0 radical (unpaired) electrons. The van der Waals surface area contributed by atoms with Crippen LogP contribution in [0.4, 0.5) is 5.69 Å². The molecule has 1 aliphatic rings. The number of nitro groups is 1. The van der Waals surface area contributed by atoms with E-state index in [0.29, 0.717) is 22.4 Å².